The summed E-state index contributed by atoms with van der Waals surface area (Å²) in [6.45, 7) is 2.44. The van der Waals surface area contributed by atoms with Crippen LogP contribution in [0.2, 0.25) is 0 Å². The molecule has 7 nitrogen and oxygen atoms in total. The molecule has 0 saturated carbocycles. The number of carbonyl (C=O) groups is 4. The molecule has 0 radical (unpaired) electrons. The molecule has 0 atom stereocenters. The normalized spacial score (nSPS) is 13.1. The van der Waals surface area contributed by atoms with Crippen molar-refractivity contribution >= 4 is 93.0 Å². The van der Waals surface area contributed by atoms with E-state index < -0.39 is 23.7 Å². The average Bonchev–Trinajstić information content (AvgIpc) is 3.07. The van der Waals surface area contributed by atoms with Gasteiger partial charge in [0.05, 0.1) is 17.9 Å². The number of cyclic esters (lactones) is 1. The molecule has 2 aromatic carbocycles. The van der Waals surface area contributed by atoms with Crippen LogP contribution in [0.1, 0.15) is 29.8 Å². The van der Waals surface area contributed by atoms with Crippen LogP contribution in [0.3, 0.4) is 0 Å². The van der Waals surface area contributed by atoms with E-state index in [9.17, 15) is 19.2 Å². The van der Waals surface area contributed by atoms with E-state index in [1.165, 1.54) is 26.0 Å². The lowest BCUT2D eigenvalue weighted by atomic mass is 9.95. The summed E-state index contributed by atoms with van der Waals surface area (Å²) in [6.07, 6.45) is 0. The average molecular weight is 696 g/mol. The Bertz CT molecular complexity index is 1170. The molecule has 2 aromatic rings. The first-order valence-electron chi connectivity index (χ1n) is 8.79. The Morgan fingerprint density at radius 3 is 1.69 bits per heavy atom. The van der Waals surface area contributed by atoms with Crippen LogP contribution in [0.15, 0.2) is 47.7 Å². The largest absolute Gasteiger partial charge is 0.457 e. The highest BCUT2D eigenvalue weighted by molar-refractivity contribution is 9.11. The van der Waals surface area contributed by atoms with Crippen LogP contribution in [-0.2, 0) is 19.1 Å². The van der Waals surface area contributed by atoms with Gasteiger partial charge in [0.25, 0.3) is 0 Å². The Morgan fingerprint density at radius 2 is 1.25 bits per heavy atom. The monoisotopic (exact) mass is 692 g/mol. The number of ketones is 1. The van der Waals surface area contributed by atoms with Crippen molar-refractivity contribution in [2.45, 2.75) is 13.8 Å². The molecule has 1 aliphatic rings. The Morgan fingerprint density at radius 1 is 0.812 bits per heavy atom. The predicted octanol–water partition coefficient (Wildman–Crippen LogP) is 5.78. The number of hydrogen-bond acceptors (Lipinski definition) is 7. The summed E-state index contributed by atoms with van der Waals surface area (Å²) in [6, 6.07) is 6.17. The van der Waals surface area contributed by atoms with E-state index in [2.05, 4.69) is 63.7 Å². The molecule has 0 fully saturated rings. The van der Waals surface area contributed by atoms with E-state index in [1.54, 1.807) is 12.1 Å². The first-order valence-corrected chi connectivity index (χ1v) is 12.0. The van der Waals surface area contributed by atoms with Gasteiger partial charge in [-0.15, -0.1) is 0 Å². The third kappa shape index (κ3) is 5.22. The fourth-order valence-corrected chi connectivity index (χ4v) is 5.61. The molecule has 0 aliphatic carbocycles. The standard InChI is InChI=1S/C21H12Br4O7/c1-8(26)31-19-13(22)3-10(4-14(19)23)12-7-30-21(29)17(12)18(28)11-5-15(24)20(16(25)6-11)32-9(2)27/h3-6H,7H2,1-2H3. The maximum atomic E-state index is 13.3. The fraction of sp³-hybridized carbons (Fsp3) is 0.143. The highest BCUT2D eigenvalue weighted by Crippen LogP contribution is 2.40. The topological polar surface area (TPSA) is 96.0 Å². The maximum Gasteiger partial charge on any atom is 0.342 e. The second kappa shape index (κ2) is 9.98. The zero-order valence-corrected chi connectivity index (χ0v) is 22.7. The highest BCUT2D eigenvalue weighted by Gasteiger charge is 2.33. The number of carbonyl (C=O) groups excluding carboxylic acids is 4. The van der Waals surface area contributed by atoms with Gasteiger partial charge in [-0.3, -0.25) is 14.4 Å². The van der Waals surface area contributed by atoms with Crippen LogP contribution < -0.4 is 9.47 Å². The fourth-order valence-electron chi connectivity index (χ4n) is 2.91. The van der Waals surface area contributed by atoms with Crippen molar-refractivity contribution in [3.05, 3.63) is 58.9 Å². The molecule has 3 rings (SSSR count). The van der Waals surface area contributed by atoms with Crippen molar-refractivity contribution < 1.29 is 33.4 Å². The van der Waals surface area contributed by atoms with Gasteiger partial charge in [0, 0.05) is 25.0 Å². The summed E-state index contributed by atoms with van der Waals surface area (Å²) >= 11 is 13.2. The van der Waals surface area contributed by atoms with Crippen molar-refractivity contribution in [1.82, 2.24) is 0 Å². The van der Waals surface area contributed by atoms with Gasteiger partial charge in [0.15, 0.2) is 11.5 Å². The van der Waals surface area contributed by atoms with Crippen LogP contribution in [0.4, 0.5) is 0 Å². The molecule has 11 heteroatoms. The number of rotatable bonds is 5. The van der Waals surface area contributed by atoms with Gasteiger partial charge < -0.3 is 14.2 Å². The lowest BCUT2D eigenvalue weighted by Gasteiger charge is -2.11. The minimum atomic E-state index is -0.752. The van der Waals surface area contributed by atoms with Crippen LogP contribution in [-0.4, -0.2) is 30.3 Å². The van der Waals surface area contributed by atoms with Crippen LogP contribution >= 0.6 is 63.7 Å². The molecule has 1 aliphatic heterocycles. The van der Waals surface area contributed by atoms with Gasteiger partial charge in [-0.05, 0) is 93.5 Å². The highest BCUT2D eigenvalue weighted by atomic mass is 79.9. The van der Waals surface area contributed by atoms with Gasteiger partial charge in [-0.2, -0.15) is 0 Å². The molecule has 32 heavy (non-hydrogen) atoms. The Hall–Kier alpha value is -1.82. The number of ether oxygens (including phenoxy) is 3. The number of esters is 3. The molecule has 0 aromatic heterocycles. The maximum absolute atomic E-state index is 13.3. The minimum Gasteiger partial charge on any atom is -0.457 e. The molecule has 0 amide bonds. The molecule has 0 bridgehead atoms. The lowest BCUT2D eigenvalue weighted by molar-refractivity contribution is -0.135. The Balaban J connectivity index is 2.08. The molecular weight excluding hydrogens is 684 g/mol. The second-order valence-corrected chi connectivity index (χ2v) is 9.90. The van der Waals surface area contributed by atoms with Crippen LogP contribution in [0, 0.1) is 0 Å². The summed E-state index contributed by atoms with van der Waals surface area (Å²) in [5.41, 5.74) is 0.972. The van der Waals surface area contributed by atoms with Crippen molar-refractivity contribution in [3.8, 4) is 11.5 Å². The smallest absolute Gasteiger partial charge is 0.342 e. The summed E-state index contributed by atoms with van der Waals surface area (Å²) < 4.78 is 17.0. The van der Waals surface area contributed by atoms with Crippen molar-refractivity contribution in [3.63, 3.8) is 0 Å². The minimum absolute atomic E-state index is 0.0976. The Labute approximate surface area is 216 Å². The predicted molar refractivity (Wildman–Crippen MR) is 129 cm³/mol. The Kier molecular flexibility index (Phi) is 7.74. The first-order chi connectivity index (χ1) is 15.0. The van der Waals surface area contributed by atoms with Gasteiger partial charge in [-0.25, -0.2) is 4.79 Å². The molecule has 0 unspecified atom stereocenters. The lowest BCUT2D eigenvalue weighted by Crippen LogP contribution is -2.12. The molecule has 0 N–H and O–H groups in total. The number of halogens is 4. The zero-order chi connectivity index (χ0) is 23.7. The quantitative estimate of drug-likeness (QED) is 0.169. The van der Waals surface area contributed by atoms with E-state index in [0.717, 1.165) is 0 Å². The molecular formula is C21H12Br4O7. The van der Waals surface area contributed by atoms with Crippen molar-refractivity contribution in [2.75, 3.05) is 6.61 Å². The van der Waals surface area contributed by atoms with Crippen molar-refractivity contribution in [2.24, 2.45) is 0 Å². The van der Waals surface area contributed by atoms with Crippen molar-refractivity contribution in [1.29, 1.82) is 0 Å². The molecule has 0 saturated heterocycles. The molecule has 0 spiro atoms. The molecule has 1 heterocycles. The summed E-state index contributed by atoms with van der Waals surface area (Å²) in [5, 5.41) is 0. The van der Waals surface area contributed by atoms with E-state index in [-0.39, 0.29) is 29.2 Å². The van der Waals surface area contributed by atoms with E-state index in [1.807, 2.05) is 0 Å². The zero-order valence-electron chi connectivity index (χ0n) is 16.4. The second-order valence-electron chi connectivity index (χ2n) is 6.48. The third-order valence-electron chi connectivity index (χ3n) is 4.18. The van der Waals surface area contributed by atoms with E-state index >= 15 is 0 Å². The third-order valence-corrected chi connectivity index (χ3v) is 6.54. The summed E-state index contributed by atoms with van der Waals surface area (Å²) in [5.74, 6) is -1.85. The van der Waals surface area contributed by atoms with Gasteiger partial charge >= 0.3 is 17.9 Å². The first kappa shape index (κ1) is 24.8. The van der Waals surface area contributed by atoms with Crippen LogP contribution in [0.5, 0.6) is 11.5 Å². The van der Waals surface area contributed by atoms with Gasteiger partial charge in [-0.1, -0.05) is 0 Å². The van der Waals surface area contributed by atoms with Crippen LogP contribution in [0.25, 0.3) is 5.57 Å². The number of Topliss-reactive ketones (excluding diaryl/α,β-unsaturated/α-hetero) is 1. The summed E-state index contributed by atoms with van der Waals surface area (Å²) in [7, 11) is 0. The summed E-state index contributed by atoms with van der Waals surface area (Å²) in [4.78, 5) is 48.3. The van der Waals surface area contributed by atoms with E-state index in [4.69, 9.17) is 14.2 Å². The SMILES string of the molecule is CC(=O)Oc1c(Br)cc(C(=O)C2=C(c3cc(Br)c(OC(C)=O)c(Br)c3)COC2=O)cc1Br. The number of hydrogen-bond donors (Lipinski definition) is 0. The van der Waals surface area contributed by atoms with E-state index in [0.29, 0.717) is 29.0 Å². The molecule has 166 valence electrons. The van der Waals surface area contributed by atoms with Gasteiger partial charge in [0.2, 0.25) is 5.78 Å². The van der Waals surface area contributed by atoms with Gasteiger partial charge in [0.1, 0.15) is 12.2 Å². The number of benzene rings is 2.